The molecule has 0 aliphatic carbocycles. The number of carbonyl (C=O) groups excluding carboxylic acids is 1. The van der Waals surface area contributed by atoms with Gasteiger partial charge in [-0.25, -0.2) is 14.8 Å². The lowest BCUT2D eigenvalue weighted by molar-refractivity contribution is 0.0176. The van der Waals surface area contributed by atoms with Gasteiger partial charge in [-0.3, -0.25) is 4.21 Å². The van der Waals surface area contributed by atoms with Crippen LogP contribution < -0.4 is 0 Å². The first-order valence-corrected chi connectivity index (χ1v) is 9.28. The van der Waals surface area contributed by atoms with E-state index >= 15 is 0 Å². The SMILES string of the molecule is CC(C)(C)OC(=O)N1CCC[C@H](C[S@](=O)c2cc(Cl)ncn2)C1. The topological polar surface area (TPSA) is 72.4 Å². The van der Waals surface area contributed by atoms with Crippen LogP contribution in [0.3, 0.4) is 0 Å². The zero-order chi connectivity index (χ0) is 17.0. The number of rotatable bonds is 3. The van der Waals surface area contributed by atoms with Gasteiger partial charge in [-0.2, -0.15) is 0 Å². The monoisotopic (exact) mass is 359 g/mol. The van der Waals surface area contributed by atoms with Crippen LogP contribution in [0.2, 0.25) is 5.15 Å². The molecule has 1 fully saturated rings. The number of hydrogen-bond acceptors (Lipinski definition) is 5. The molecule has 0 radical (unpaired) electrons. The van der Waals surface area contributed by atoms with Crippen molar-refractivity contribution in [3.8, 4) is 0 Å². The highest BCUT2D eigenvalue weighted by Gasteiger charge is 2.28. The first-order valence-electron chi connectivity index (χ1n) is 7.58. The van der Waals surface area contributed by atoms with Gasteiger partial charge in [-0.15, -0.1) is 0 Å². The molecule has 2 rings (SSSR count). The Balaban J connectivity index is 1.93. The first-order chi connectivity index (χ1) is 10.7. The molecule has 0 bridgehead atoms. The van der Waals surface area contributed by atoms with Gasteiger partial charge in [-0.1, -0.05) is 11.6 Å². The fraction of sp³-hybridized carbons (Fsp3) is 0.667. The summed E-state index contributed by atoms with van der Waals surface area (Å²) in [4.78, 5) is 21.6. The highest BCUT2D eigenvalue weighted by molar-refractivity contribution is 7.85. The van der Waals surface area contributed by atoms with E-state index in [0.717, 1.165) is 12.8 Å². The molecule has 1 aliphatic rings. The molecule has 1 aliphatic heterocycles. The second-order valence-corrected chi connectivity index (χ2v) is 8.46. The van der Waals surface area contributed by atoms with Crippen molar-refractivity contribution in [3.05, 3.63) is 17.5 Å². The van der Waals surface area contributed by atoms with Crippen molar-refractivity contribution in [1.29, 1.82) is 0 Å². The van der Waals surface area contributed by atoms with E-state index in [9.17, 15) is 9.00 Å². The Morgan fingerprint density at radius 3 is 2.87 bits per heavy atom. The third kappa shape index (κ3) is 5.73. The minimum absolute atomic E-state index is 0.158. The van der Waals surface area contributed by atoms with Gasteiger partial charge in [-0.05, 0) is 39.5 Å². The Hall–Kier alpha value is -1.21. The largest absolute Gasteiger partial charge is 0.444 e. The molecule has 1 amide bonds. The molecule has 1 aromatic rings. The number of carbonyl (C=O) groups is 1. The average Bonchev–Trinajstić information content (AvgIpc) is 2.45. The van der Waals surface area contributed by atoms with Gasteiger partial charge in [0.2, 0.25) is 0 Å². The lowest BCUT2D eigenvalue weighted by Gasteiger charge is -2.33. The van der Waals surface area contributed by atoms with E-state index in [1.165, 1.54) is 12.4 Å². The molecule has 0 aromatic carbocycles. The Bertz CT molecular complexity index is 592. The van der Waals surface area contributed by atoms with Crippen LogP contribution in [0.15, 0.2) is 17.4 Å². The zero-order valence-electron chi connectivity index (χ0n) is 13.6. The van der Waals surface area contributed by atoms with Crippen molar-refractivity contribution in [1.82, 2.24) is 14.9 Å². The molecule has 0 N–H and O–H groups in total. The molecule has 2 heterocycles. The number of halogens is 1. The highest BCUT2D eigenvalue weighted by Crippen LogP contribution is 2.21. The summed E-state index contributed by atoms with van der Waals surface area (Å²) in [6.07, 6.45) is 2.82. The van der Waals surface area contributed by atoms with E-state index in [1.54, 1.807) is 4.90 Å². The molecule has 8 heteroatoms. The molecule has 128 valence electrons. The van der Waals surface area contributed by atoms with Crippen LogP contribution in [0.25, 0.3) is 0 Å². The molecule has 6 nitrogen and oxygen atoms in total. The fourth-order valence-corrected chi connectivity index (χ4v) is 3.93. The predicted molar refractivity (Wildman–Crippen MR) is 88.8 cm³/mol. The Morgan fingerprint density at radius 1 is 1.48 bits per heavy atom. The predicted octanol–water partition coefficient (Wildman–Crippen LogP) is 2.88. The van der Waals surface area contributed by atoms with Crippen molar-refractivity contribution in [2.75, 3.05) is 18.8 Å². The van der Waals surface area contributed by atoms with Gasteiger partial charge in [0.15, 0.2) is 0 Å². The zero-order valence-corrected chi connectivity index (χ0v) is 15.2. The third-order valence-electron chi connectivity index (χ3n) is 3.40. The van der Waals surface area contributed by atoms with Crippen LogP contribution in [0.4, 0.5) is 4.79 Å². The van der Waals surface area contributed by atoms with Crippen LogP contribution in [0.5, 0.6) is 0 Å². The second kappa shape index (κ2) is 7.57. The Kier molecular flexibility index (Phi) is 5.97. The lowest BCUT2D eigenvalue weighted by Crippen LogP contribution is -2.44. The third-order valence-corrected chi connectivity index (χ3v) is 5.07. The number of hydrogen-bond donors (Lipinski definition) is 0. The number of aromatic nitrogens is 2. The van der Waals surface area contributed by atoms with Crippen molar-refractivity contribution >= 4 is 28.5 Å². The molecule has 0 saturated carbocycles. The molecule has 2 atom stereocenters. The van der Waals surface area contributed by atoms with Gasteiger partial charge >= 0.3 is 6.09 Å². The number of amides is 1. The summed E-state index contributed by atoms with van der Waals surface area (Å²) >= 11 is 5.80. The van der Waals surface area contributed by atoms with Crippen LogP contribution in [0, 0.1) is 5.92 Å². The van der Waals surface area contributed by atoms with Gasteiger partial charge in [0.25, 0.3) is 0 Å². The van der Waals surface area contributed by atoms with Gasteiger partial charge in [0.1, 0.15) is 22.1 Å². The van der Waals surface area contributed by atoms with Crippen LogP contribution in [-0.4, -0.2) is 49.6 Å². The summed E-state index contributed by atoms with van der Waals surface area (Å²) in [5.41, 5.74) is -0.509. The first kappa shape index (κ1) is 18.1. The molecule has 0 spiro atoms. The van der Waals surface area contributed by atoms with Gasteiger partial charge in [0, 0.05) is 24.9 Å². The average molecular weight is 360 g/mol. The molecule has 1 saturated heterocycles. The van der Waals surface area contributed by atoms with Gasteiger partial charge in [0.05, 0.1) is 10.8 Å². The normalized spacial score (nSPS) is 20.2. The Morgan fingerprint density at radius 2 is 2.22 bits per heavy atom. The van der Waals surface area contributed by atoms with E-state index < -0.39 is 16.4 Å². The van der Waals surface area contributed by atoms with E-state index in [4.69, 9.17) is 16.3 Å². The number of likely N-dealkylation sites (tertiary alicyclic amines) is 1. The molecular formula is C15H22ClN3O3S. The lowest BCUT2D eigenvalue weighted by atomic mass is 10.0. The minimum Gasteiger partial charge on any atom is -0.444 e. The standard InChI is InChI=1S/C15H22ClN3O3S/c1-15(2,3)22-14(20)19-6-4-5-11(8-19)9-23(21)13-7-12(16)17-10-18-13/h7,10-11H,4-6,8-9H2,1-3H3/t11-,23-/m0/s1. The van der Waals surface area contributed by atoms with E-state index in [-0.39, 0.29) is 17.2 Å². The molecule has 23 heavy (non-hydrogen) atoms. The summed E-state index contributed by atoms with van der Waals surface area (Å²) in [6.45, 7) is 6.78. The highest BCUT2D eigenvalue weighted by atomic mass is 35.5. The van der Waals surface area contributed by atoms with E-state index in [0.29, 0.717) is 23.9 Å². The molecular weight excluding hydrogens is 338 g/mol. The van der Waals surface area contributed by atoms with Crippen LogP contribution in [-0.2, 0) is 15.5 Å². The maximum Gasteiger partial charge on any atom is 0.410 e. The number of piperidine rings is 1. The number of nitrogens with zero attached hydrogens (tertiary/aromatic N) is 3. The second-order valence-electron chi connectivity index (χ2n) is 6.63. The van der Waals surface area contributed by atoms with Crippen LogP contribution in [0.1, 0.15) is 33.6 Å². The smallest absolute Gasteiger partial charge is 0.410 e. The minimum atomic E-state index is -1.25. The van der Waals surface area contributed by atoms with Crippen LogP contribution >= 0.6 is 11.6 Å². The maximum absolute atomic E-state index is 12.4. The Labute approximate surface area is 144 Å². The fourth-order valence-electron chi connectivity index (χ4n) is 2.43. The summed E-state index contributed by atoms with van der Waals surface area (Å²) in [5, 5.41) is 0.710. The van der Waals surface area contributed by atoms with Crippen molar-refractivity contribution in [2.45, 2.75) is 44.2 Å². The van der Waals surface area contributed by atoms with E-state index in [2.05, 4.69) is 9.97 Å². The van der Waals surface area contributed by atoms with Crippen molar-refractivity contribution < 1.29 is 13.7 Å². The van der Waals surface area contributed by atoms with Gasteiger partial charge < -0.3 is 9.64 Å². The maximum atomic E-state index is 12.4. The molecule has 1 aromatic heterocycles. The summed E-state index contributed by atoms with van der Waals surface area (Å²) in [6, 6.07) is 1.52. The van der Waals surface area contributed by atoms with E-state index in [1.807, 2.05) is 20.8 Å². The number of ether oxygens (including phenoxy) is 1. The quantitative estimate of drug-likeness (QED) is 0.776. The van der Waals surface area contributed by atoms with Crippen molar-refractivity contribution in [3.63, 3.8) is 0 Å². The summed E-state index contributed by atoms with van der Waals surface area (Å²) in [7, 11) is -1.25. The summed E-state index contributed by atoms with van der Waals surface area (Å²) < 4.78 is 17.8. The van der Waals surface area contributed by atoms with Crippen molar-refractivity contribution in [2.24, 2.45) is 5.92 Å². The molecule has 0 unspecified atom stereocenters. The summed E-state index contributed by atoms with van der Waals surface area (Å²) in [5.74, 6) is 0.609.